The van der Waals surface area contributed by atoms with Crippen molar-refractivity contribution in [2.75, 3.05) is 18.9 Å². The van der Waals surface area contributed by atoms with Crippen molar-refractivity contribution in [1.29, 1.82) is 0 Å². The summed E-state index contributed by atoms with van der Waals surface area (Å²) in [6.07, 6.45) is 5.16. The Balaban J connectivity index is 1.97. The molecule has 0 saturated heterocycles. The van der Waals surface area contributed by atoms with Gasteiger partial charge < -0.3 is 10.3 Å². The molecule has 7 nitrogen and oxygen atoms in total. The maximum atomic E-state index is 12.0. The Bertz CT molecular complexity index is 607. The van der Waals surface area contributed by atoms with E-state index < -0.39 is 10.0 Å². The molecule has 102 valence electrons. The normalized spacial score (nSPS) is 11.4. The third-order valence-corrected chi connectivity index (χ3v) is 3.96. The lowest BCUT2D eigenvalue weighted by Crippen LogP contribution is -2.26. The van der Waals surface area contributed by atoms with Crippen LogP contribution in [-0.4, -0.2) is 37.0 Å². The fraction of sp³-hybridized carbons (Fsp3) is 0.273. The van der Waals surface area contributed by atoms with Gasteiger partial charge in [0.1, 0.15) is 16.5 Å². The number of aromatic amines is 1. The molecule has 8 heteroatoms. The van der Waals surface area contributed by atoms with Crippen LogP contribution in [0.3, 0.4) is 0 Å². The Hall–Kier alpha value is -1.93. The molecule has 0 amide bonds. The van der Waals surface area contributed by atoms with Gasteiger partial charge in [-0.25, -0.2) is 23.1 Å². The molecule has 2 aromatic heterocycles. The van der Waals surface area contributed by atoms with Crippen molar-refractivity contribution >= 4 is 15.8 Å². The summed E-state index contributed by atoms with van der Waals surface area (Å²) in [5, 5.41) is 2.83. The fourth-order valence-electron chi connectivity index (χ4n) is 1.51. The van der Waals surface area contributed by atoms with E-state index in [1.165, 1.54) is 12.3 Å². The number of imidazole rings is 1. The number of hydrogen-bond acceptors (Lipinski definition) is 5. The van der Waals surface area contributed by atoms with Crippen LogP contribution < -0.4 is 10.0 Å². The molecule has 0 saturated carbocycles. The lowest BCUT2D eigenvalue weighted by atomic mass is 10.4. The molecule has 19 heavy (non-hydrogen) atoms. The Labute approximate surface area is 111 Å². The Kier molecular flexibility index (Phi) is 4.13. The van der Waals surface area contributed by atoms with Crippen LogP contribution in [0.1, 0.15) is 5.82 Å². The van der Waals surface area contributed by atoms with E-state index in [1.807, 2.05) is 0 Å². The Morgan fingerprint density at radius 1 is 1.32 bits per heavy atom. The molecule has 2 aromatic rings. The first-order valence-electron chi connectivity index (χ1n) is 5.73. The van der Waals surface area contributed by atoms with Gasteiger partial charge in [-0.1, -0.05) is 0 Å². The largest absolute Gasteiger partial charge is 0.373 e. The van der Waals surface area contributed by atoms with Gasteiger partial charge >= 0.3 is 0 Å². The van der Waals surface area contributed by atoms with Crippen molar-refractivity contribution in [3.63, 3.8) is 0 Å². The summed E-state index contributed by atoms with van der Waals surface area (Å²) in [6.45, 7) is 0.281. The highest BCUT2D eigenvalue weighted by Gasteiger charge is 2.13. The van der Waals surface area contributed by atoms with Gasteiger partial charge in [-0.05, 0) is 12.1 Å². The maximum absolute atomic E-state index is 12.0. The summed E-state index contributed by atoms with van der Waals surface area (Å²) in [5.74, 6) is 1.36. The Morgan fingerprint density at radius 3 is 2.74 bits per heavy atom. The molecule has 2 rings (SSSR count). The lowest BCUT2D eigenvalue weighted by molar-refractivity contribution is 0.580. The average molecular weight is 281 g/mol. The molecule has 0 spiro atoms. The maximum Gasteiger partial charge on any atom is 0.242 e. The molecule has 0 aromatic carbocycles. The summed E-state index contributed by atoms with van der Waals surface area (Å²) in [7, 11) is -1.80. The SMILES string of the molecule is CNc1ccc(S(=O)(=O)NCCc2ncc[nH]2)cn1. The zero-order valence-corrected chi connectivity index (χ0v) is 11.2. The first-order chi connectivity index (χ1) is 9.12. The number of nitrogens with zero attached hydrogens (tertiary/aromatic N) is 2. The minimum atomic E-state index is -3.52. The van der Waals surface area contributed by atoms with E-state index in [0.29, 0.717) is 12.2 Å². The van der Waals surface area contributed by atoms with Crippen molar-refractivity contribution in [1.82, 2.24) is 19.7 Å². The van der Waals surface area contributed by atoms with Crippen molar-refractivity contribution in [2.24, 2.45) is 0 Å². The summed E-state index contributed by atoms with van der Waals surface area (Å²) in [5.41, 5.74) is 0. The first-order valence-corrected chi connectivity index (χ1v) is 7.22. The second-order valence-corrected chi connectivity index (χ2v) is 5.58. The highest BCUT2D eigenvalue weighted by molar-refractivity contribution is 7.89. The quantitative estimate of drug-likeness (QED) is 0.710. The average Bonchev–Trinajstić information content (AvgIpc) is 2.92. The predicted octanol–water partition coefficient (Wildman–Crippen LogP) is 0.367. The van der Waals surface area contributed by atoms with E-state index >= 15 is 0 Å². The predicted molar refractivity (Wildman–Crippen MR) is 71.3 cm³/mol. The monoisotopic (exact) mass is 281 g/mol. The van der Waals surface area contributed by atoms with E-state index in [2.05, 4.69) is 25.0 Å². The molecule has 2 heterocycles. The van der Waals surface area contributed by atoms with E-state index in [-0.39, 0.29) is 11.4 Å². The van der Waals surface area contributed by atoms with Crippen LogP contribution in [0, 0.1) is 0 Å². The van der Waals surface area contributed by atoms with Crippen molar-refractivity contribution < 1.29 is 8.42 Å². The number of rotatable bonds is 6. The van der Waals surface area contributed by atoms with Gasteiger partial charge in [-0.3, -0.25) is 0 Å². The zero-order chi connectivity index (χ0) is 13.7. The smallest absolute Gasteiger partial charge is 0.242 e. The molecule has 0 unspecified atom stereocenters. The summed E-state index contributed by atoms with van der Waals surface area (Å²) < 4.78 is 26.4. The molecule has 3 N–H and O–H groups in total. The number of nitrogens with one attached hydrogen (secondary N) is 3. The van der Waals surface area contributed by atoms with Crippen LogP contribution in [0.2, 0.25) is 0 Å². The molecule has 0 aliphatic carbocycles. The van der Waals surface area contributed by atoms with Gasteiger partial charge in [0.05, 0.1) is 0 Å². The van der Waals surface area contributed by atoms with Crippen LogP contribution in [0.4, 0.5) is 5.82 Å². The molecule has 0 radical (unpaired) electrons. The minimum Gasteiger partial charge on any atom is -0.373 e. The van der Waals surface area contributed by atoms with Crippen LogP contribution in [-0.2, 0) is 16.4 Å². The molecular formula is C11H15N5O2S. The topological polar surface area (TPSA) is 99.8 Å². The van der Waals surface area contributed by atoms with Crippen molar-refractivity contribution in [3.05, 3.63) is 36.5 Å². The lowest BCUT2D eigenvalue weighted by Gasteiger charge is -2.06. The van der Waals surface area contributed by atoms with Crippen LogP contribution in [0.25, 0.3) is 0 Å². The van der Waals surface area contributed by atoms with Gasteiger partial charge in [0.15, 0.2) is 0 Å². The third-order valence-electron chi connectivity index (χ3n) is 2.51. The minimum absolute atomic E-state index is 0.144. The van der Waals surface area contributed by atoms with Crippen LogP contribution in [0.5, 0.6) is 0 Å². The molecule has 0 aliphatic rings. The second-order valence-electron chi connectivity index (χ2n) is 3.81. The summed E-state index contributed by atoms with van der Waals surface area (Å²) in [6, 6.07) is 3.12. The highest BCUT2D eigenvalue weighted by Crippen LogP contribution is 2.09. The molecule has 0 atom stereocenters. The number of H-pyrrole nitrogens is 1. The molecule has 0 aliphatic heterocycles. The van der Waals surface area contributed by atoms with E-state index in [1.54, 1.807) is 25.5 Å². The zero-order valence-electron chi connectivity index (χ0n) is 10.4. The van der Waals surface area contributed by atoms with Gasteiger partial charge in [-0.15, -0.1) is 0 Å². The first kappa shape index (κ1) is 13.5. The summed E-state index contributed by atoms with van der Waals surface area (Å²) >= 11 is 0. The summed E-state index contributed by atoms with van der Waals surface area (Å²) in [4.78, 5) is 11.0. The van der Waals surface area contributed by atoms with Crippen molar-refractivity contribution in [3.8, 4) is 0 Å². The van der Waals surface area contributed by atoms with E-state index in [0.717, 1.165) is 5.82 Å². The van der Waals surface area contributed by atoms with Gasteiger partial charge in [0.25, 0.3) is 0 Å². The number of sulfonamides is 1. The van der Waals surface area contributed by atoms with Crippen molar-refractivity contribution in [2.45, 2.75) is 11.3 Å². The number of aromatic nitrogens is 3. The second kappa shape index (κ2) is 5.81. The van der Waals surface area contributed by atoms with Gasteiger partial charge in [0.2, 0.25) is 10.0 Å². The fourth-order valence-corrected chi connectivity index (χ4v) is 2.49. The number of hydrogen-bond donors (Lipinski definition) is 3. The Morgan fingerprint density at radius 2 is 2.16 bits per heavy atom. The highest BCUT2D eigenvalue weighted by atomic mass is 32.2. The number of anilines is 1. The third kappa shape index (κ3) is 3.52. The molecular weight excluding hydrogens is 266 g/mol. The standard InChI is InChI=1S/C11H15N5O2S/c1-12-10-3-2-9(8-15-10)19(17,18)16-5-4-11-13-6-7-14-11/h2-3,6-8,16H,4-5H2,1H3,(H,12,15)(H,13,14). The number of pyridine rings is 1. The van der Waals surface area contributed by atoms with Crippen LogP contribution in [0.15, 0.2) is 35.6 Å². The van der Waals surface area contributed by atoms with Gasteiger partial charge in [0, 0.05) is 38.6 Å². The van der Waals surface area contributed by atoms with E-state index in [9.17, 15) is 8.42 Å². The van der Waals surface area contributed by atoms with Crippen LogP contribution >= 0.6 is 0 Å². The molecule has 0 bridgehead atoms. The van der Waals surface area contributed by atoms with E-state index in [4.69, 9.17) is 0 Å². The molecule has 0 fully saturated rings. The van der Waals surface area contributed by atoms with Gasteiger partial charge in [-0.2, -0.15) is 0 Å².